The number of anilines is 1. The van der Waals surface area contributed by atoms with Gasteiger partial charge in [0, 0.05) is 16.3 Å². The van der Waals surface area contributed by atoms with Crippen molar-refractivity contribution in [3.63, 3.8) is 0 Å². The summed E-state index contributed by atoms with van der Waals surface area (Å²) in [6, 6.07) is 15.5. The quantitative estimate of drug-likeness (QED) is 0.327. The molecular formula is C23H17Cl2N3O4S. The van der Waals surface area contributed by atoms with Crippen molar-refractivity contribution in [2.45, 2.75) is 0 Å². The number of rotatable bonds is 5. The van der Waals surface area contributed by atoms with Gasteiger partial charge in [0.25, 0.3) is 5.91 Å². The molecule has 7 nitrogen and oxygen atoms in total. The molecule has 1 aromatic heterocycles. The molecule has 0 fully saturated rings. The van der Waals surface area contributed by atoms with Gasteiger partial charge in [0.1, 0.15) is 22.6 Å². The van der Waals surface area contributed by atoms with E-state index in [-0.39, 0.29) is 10.7 Å². The number of hydrogen-bond acceptors (Lipinski definition) is 6. The van der Waals surface area contributed by atoms with E-state index in [1.54, 1.807) is 54.6 Å². The van der Waals surface area contributed by atoms with Crippen molar-refractivity contribution in [2.24, 2.45) is 0 Å². The van der Waals surface area contributed by atoms with Crippen LogP contribution >= 0.6 is 35.4 Å². The van der Waals surface area contributed by atoms with Gasteiger partial charge in [0.05, 0.1) is 19.2 Å². The first-order chi connectivity index (χ1) is 15.9. The van der Waals surface area contributed by atoms with E-state index < -0.39 is 5.91 Å². The molecule has 0 atom stereocenters. The van der Waals surface area contributed by atoms with Crippen LogP contribution in [0.3, 0.4) is 0 Å². The summed E-state index contributed by atoms with van der Waals surface area (Å²) < 4.78 is 16.3. The number of fused-ring (bicyclic) bond motifs is 1. The Morgan fingerprint density at radius 3 is 2.33 bits per heavy atom. The van der Waals surface area contributed by atoms with E-state index in [9.17, 15) is 4.79 Å². The summed E-state index contributed by atoms with van der Waals surface area (Å²) in [4.78, 5) is 17.2. The summed E-state index contributed by atoms with van der Waals surface area (Å²) in [5.74, 6) is 0.692. The number of benzene rings is 3. The van der Waals surface area contributed by atoms with E-state index in [0.717, 1.165) is 5.56 Å². The molecule has 10 heteroatoms. The number of nitrogens with one attached hydrogen (secondary N) is 2. The molecule has 0 saturated carbocycles. The first-order valence-electron chi connectivity index (χ1n) is 9.59. The number of halogens is 2. The van der Waals surface area contributed by atoms with Crippen molar-refractivity contribution >= 4 is 63.2 Å². The highest BCUT2D eigenvalue weighted by Gasteiger charge is 2.19. The maximum Gasteiger partial charge on any atom is 0.264 e. The van der Waals surface area contributed by atoms with Crippen LogP contribution in [0.1, 0.15) is 10.4 Å². The normalized spacial score (nSPS) is 10.7. The Morgan fingerprint density at radius 2 is 1.70 bits per heavy atom. The van der Waals surface area contributed by atoms with Gasteiger partial charge >= 0.3 is 0 Å². The molecule has 4 aromatic rings. The van der Waals surface area contributed by atoms with Crippen LogP contribution in [0.4, 0.5) is 5.69 Å². The maximum absolute atomic E-state index is 12.7. The lowest BCUT2D eigenvalue weighted by Gasteiger charge is -2.14. The summed E-state index contributed by atoms with van der Waals surface area (Å²) in [7, 11) is 2.95. The Hall–Kier alpha value is -3.33. The van der Waals surface area contributed by atoms with Crippen LogP contribution in [0.25, 0.3) is 22.6 Å². The van der Waals surface area contributed by atoms with Gasteiger partial charge in [-0.05, 0) is 60.7 Å². The molecule has 0 saturated heterocycles. The second kappa shape index (κ2) is 9.66. The number of nitrogens with zero attached hydrogens (tertiary/aromatic N) is 1. The minimum Gasteiger partial charge on any atom is -0.496 e. The molecule has 168 valence electrons. The highest BCUT2D eigenvalue weighted by Crippen LogP contribution is 2.32. The van der Waals surface area contributed by atoms with Gasteiger partial charge in [0.2, 0.25) is 5.89 Å². The Labute approximate surface area is 204 Å². The third-order valence-corrected chi connectivity index (χ3v) is 5.38. The molecule has 4 rings (SSSR count). The molecule has 0 spiro atoms. The number of amides is 1. The third kappa shape index (κ3) is 4.88. The molecule has 0 aliphatic rings. The molecule has 1 heterocycles. The van der Waals surface area contributed by atoms with Gasteiger partial charge < -0.3 is 19.2 Å². The first kappa shape index (κ1) is 22.8. The molecule has 33 heavy (non-hydrogen) atoms. The molecule has 0 bridgehead atoms. The molecular weight excluding hydrogens is 485 g/mol. The van der Waals surface area contributed by atoms with Gasteiger partial charge in [0.15, 0.2) is 10.7 Å². The van der Waals surface area contributed by atoms with E-state index >= 15 is 0 Å². The van der Waals surface area contributed by atoms with Crippen LogP contribution in [-0.2, 0) is 0 Å². The van der Waals surface area contributed by atoms with E-state index in [4.69, 9.17) is 49.3 Å². The van der Waals surface area contributed by atoms with Crippen LogP contribution in [-0.4, -0.2) is 30.2 Å². The van der Waals surface area contributed by atoms with E-state index in [2.05, 4.69) is 15.6 Å². The molecule has 0 radical (unpaired) electrons. The fourth-order valence-electron chi connectivity index (χ4n) is 3.18. The number of carbonyl (C=O) groups excluding carboxylic acids is 1. The van der Waals surface area contributed by atoms with Gasteiger partial charge in [-0.25, -0.2) is 4.98 Å². The lowest BCUT2D eigenvalue weighted by Crippen LogP contribution is -2.34. The summed E-state index contributed by atoms with van der Waals surface area (Å²) in [5, 5.41) is 6.59. The SMILES string of the molecule is COc1cccc(OC)c1C(=O)NC(=S)Nc1ccc(-c2nc3cc(Cl)cc(Cl)c3o2)cc1. The van der Waals surface area contributed by atoms with Crippen molar-refractivity contribution in [1.82, 2.24) is 10.3 Å². The third-order valence-electron chi connectivity index (χ3n) is 4.68. The topological polar surface area (TPSA) is 85.6 Å². The standard InChI is InChI=1S/C23H17Cl2N3O4S/c1-30-17-4-3-5-18(31-2)19(17)21(29)28-23(33)26-14-8-6-12(7-9-14)22-27-16-11-13(24)10-15(25)20(16)32-22/h3-11H,1-2H3,(H2,26,28,29,33). The minimum absolute atomic E-state index is 0.115. The van der Waals surface area contributed by atoms with Crippen molar-refractivity contribution in [2.75, 3.05) is 19.5 Å². The Morgan fingerprint density at radius 1 is 1.03 bits per heavy atom. The maximum atomic E-state index is 12.7. The fourth-order valence-corrected chi connectivity index (χ4v) is 3.91. The molecule has 0 aliphatic carbocycles. The van der Waals surface area contributed by atoms with Crippen molar-refractivity contribution in [1.29, 1.82) is 0 Å². The number of methoxy groups -OCH3 is 2. The van der Waals surface area contributed by atoms with Crippen LogP contribution in [0.2, 0.25) is 10.0 Å². The number of oxazole rings is 1. The largest absolute Gasteiger partial charge is 0.496 e. The minimum atomic E-state index is -0.458. The van der Waals surface area contributed by atoms with Crippen LogP contribution in [0.5, 0.6) is 11.5 Å². The average molecular weight is 502 g/mol. The molecule has 3 aromatic carbocycles. The summed E-state index contributed by atoms with van der Waals surface area (Å²) in [6.45, 7) is 0. The summed E-state index contributed by atoms with van der Waals surface area (Å²) in [5.41, 5.74) is 2.68. The van der Waals surface area contributed by atoms with Crippen LogP contribution in [0, 0.1) is 0 Å². The Balaban J connectivity index is 1.47. The van der Waals surface area contributed by atoms with E-state index in [1.807, 2.05) is 0 Å². The van der Waals surface area contributed by atoms with Gasteiger partial charge in [-0.3, -0.25) is 10.1 Å². The molecule has 0 aliphatic heterocycles. The number of thiocarbonyl (C=S) groups is 1. The highest BCUT2D eigenvalue weighted by molar-refractivity contribution is 7.80. The second-order valence-corrected chi connectivity index (χ2v) is 8.03. The Kier molecular flexibility index (Phi) is 6.69. The second-order valence-electron chi connectivity index (χ2n) is 6.78. The molecule has 1 amide bonds. The summed E-state index contributed by atoms with van der Waals surface area (Å²) >= 11 is 17.5. The monoisotopic (exact) mass is 501 g/mol. The van der Waals surface area contributed by atoms with Gasteiger partial charge in [-0.15, -0.1) is 0 Å². The number of carbonyl (C=O) groups is 1. The number of hydrogen-bond donors (Lipinski definition) is 2. The summed E-state index contributed by atoms with van der Waals surface area (Å²) in [6.07, 6.45) is 0. The first-order valence-corrected chi connectivity index (χ1v) is 10.8. The zero-order valence-corrected chi connectivity index (χ0v) is 19.8. The van der Waals surface area contributed by atoms with Crippen molar-refractivity contribution in [3.8, 4) is 23.0 Å². The van der Waals surface area contributed by atoms with E-state index in [0.29, 0.717) is 44.2 Å². The van der Waals surface area contributed by atoms with Gasteiger partial charge in [-0.1, -0.05) is 29.3 Å². The van der Waals surface area contributed by atoms with Crippen molar-refractivity contribution < 1.29 is 18.7 Å². The molecule has 2 N–H and O–H groups in total. The zero-order chi connectivity index (χ0) is 23.5. The zero-order valence-electron chi connectivity index (χ0n) is 17.4. The predicted octanol–water partition coefficient (Wildman–Crippen LogP) is 5.95. The lowest BCUT2D eigenvalue weighted by atomic mass is 10.1. The highest BCUT2D eigenvalue weighted by atomic mass is 35.5. The predicted molar refractivity (Wildman–Crippen MR) is 133 cm³/mol. The van der Waals surface area contributed by atoms with Gasteiger partial charge in [-0.2, -0.15) is 0 Å². The van der Waals surface area contributed by atoms with Crippen LogP contribution < -0.4 is 20.1 Å². The lowest BCUT2D eigenvalue weighted by molar-refractivity contribution is 0.0971. The fraction of sp³-hybridized carbons (Fsp3) is 0.0870. The average Bonchev–Trinajstić information content (AvgIpc) is 3.23. The number of aromatic nitrogens is 1. The molecule has 0 unspecified atom stereocenters. The Bertz CT molecular complexity index is 1330. The number of ether oxygens (including phenoxy) is 2. The smallest absolute Gasteiger partial charge is 0.264 e. The van der Waals surface area contributed by atoms with Crippen LogP contribution in [0.15, 0.2) is 59.0 Å². The van der Waals surface area contributed by atoms with E-state index in [1.165, 1.54) is 14.2 Å². The van der Waals surface area contributed by atoms with Crippen molar-refractivity contribution in [3.05, 3.63) is 70.2 Å².